The molecule has 0 aromatic heterocycles. The predicted molar refractivity (Wildman–Crippen MR) is 158 cm³/mol. The molecule has 2 heterocycles. The summed E-state index contributed by atoms with van der Waals surface area (Å²) < 4.78 is 50.2. The van der Waals surface area contributed by atoms with Gasteiger partial charge < -0.3 is 14.4 Å². The third-order valence-corrected chi connectivity index (χ3v) is 8.57. The summed E-state index contributed by atoms with van der Waals surface area (Å²) in [4.78, 5) is 16.9. The van der Waals surface area contributed by atoms with Crippen LogP contribution < -0.4 is 4.90 Å². The number of halogens is 2. The number of rotatable bonds is 9. The van der Waals surface area contributed by atoms with Gasteiger partial charge >= 0.3 is 0 Å². The summed E-state index contributed by atoms with van der Waals surface area (Å²) in [6.07, 6.45) is 0.608. The molecule has 0 aliphatic carbocycles. The number of fused-ring (bicyclic) bond motifs is 1. The minimum absolute atomic E-state index is 0.0370. The number of Topliss-reactive ketones (excluding diaryl/α,β-unsaturated/α-hetero) is 1. The van der Waals surface area contributed by atoms with E-state index in [1.807, 2.05) is 20.8 Å². The van der Waals surface area contributed by atoms with Crippen LogP contribution in [0.25, 0.3) is 0 Å². The van der Waals surface area contributed by atoms with Gasteiger partial charge in [0.05, 0.1) is 11.4 Å². The first-order valence-corrected chi connectivity index (χ1v) is 15.3. The van der Waals surface area contributed by atoms with E-state index in [1.165, 1.54) is 34.6 Å². The van der Waals surface area contributed by atoms with Crippen LogP contribution in [0, 0.1) is 5.82 Å². The third kappa shape index (κ3) is 9.64. The van der Waals surface area contributed by atoms with Crippen LogP contribution in [-0.4, -0.2) is 88.7 Å². The molecule has 0 amide bonds. The molecule has 1 fully saturated rings. The van der Waals surface area contributed by atoms with Crippen molar-refractivity contribution < 1.29 is 27.1 Å². The van der Waals surface area contributed by atoms with Crippen molar-refractivity contribution in [1.29, 1.82) is 0 Å². The monoisotopic (exact) mass is 597 g/mol. The number of nitrogens with zero attached hydrogens (tertiary/aromatic N) is 3. The highest BCUT2D eigenvalue weighted by Crippen LogP contribution is 2.28. The number of benzene rings is 2. The average molecular weight is 598 g/mol. The molecule has 0 bridgehead atoms. The van der Waals surface area contributed by atoms with Crippen molar-refractivity contribution in [2.45, 2.75) is 38.4 Å². The zero-order valence-electron chi connectivity index (χ0n) is 23.7. The molecule has 1 saturated heterocycles. The standard InChI is InChI=1S/C21H23ClFN3O3S.C6H14O2.C2H4/c22-16-2-7-21-19(14-16)20(27)15-26(30(21,28)29)9-1-8-24-10-12-25(13-11-24)18-5-3-17(23)4-6-18;1-4-7-6(3)8-5-2;1-2/h2-7,14H,1,8-13,15H2;6H,4-5H2,1-3H3;1-2H2. The van der Waals surface area contributed by atoms with E-state index in [0.29, 0.717) is 18.0 Å². The highest BCUT2D eigenvalue weighted by atomic mass is 35.5. The fourth-order valence-electron chi connectivity index (χ4n) is 4.48. The molecule has 2 aromatic rings. The molecule has 4 rings (SSSR count). The van der Waals surface area contributed by atoms with E-state index in [9.17, 15) is 17.6 Å². The van der Waals surface area contributed by atoms with Gasteiger partial charge in [0.2, 0.25) is 10.0 Å². The van der Waals surface area contributed by atoms with Crippen LogP contribution >= 0.6 is 11.6 Å². The van der Waals surface area contributed by atoms with Gasteiger partial charge in [-0.1, -0.05) is 11.6 Å². The van der Waals surface area contributed by atoms with Crippen LogP contribution in [0.1, 0.15) is 37.6 Å². The van der Waals surface area contributed by atoms with E-state index in [2.05, 4.69) is 23.0 Å². The van der Waals surface area contributed by atoms with E-state index in [-0.39, 0.29) is 34.9 Å². The quantitative estimate of drug-likeness (QED) is 0.294. The zero-order valence-corrected chi connectivity index (χ0v) is 25.2. The van der Waals surface area contributed by atoms with E-state index in [4.69, 9.17) is 21.1 Å². The minimum atomic E-state index is -3.69. The lowest BCUT2D eigenvalue weighted by molar-refractivity contribution is -0.123. The first-order valence-electron chi connectivity index (χ1n) is 13.4. The second-order valence-electron chi connectivity index (χ2n) is 9.04. The minimum Gasteiger partial charge on any atom is -0.369 e. The summed E-state index contributed by atoms with van der Waals surface area (Å²) in [7, 11) is -3.69. The number of hydrogen-bond acceptors (Lipinski definition) is 7. The van der Waals surface area contributed by atoms with Gasteiger partial charge in [-0.2, -0.15) is 4.31 Å². The van der Waals surface area contributed by atoms with E-state index >= 15 is 0 Å². The molecular formula is C29H41ClFN3O5S. The number of sulfonamides is 1. The van der Waals surface area contributed by atoms with Crippen molar-refractivity contribution in [1.82, 2.24) is 9.21 Å². The predicted octanol–water partition coefficient (Wildman–Crippen LogP) is 5.09. The maximum Gasteiger partial charge on any atom is 0.244 e. The molecule has 0 saturated carbocycles. The van der Waals surface area contributed by atoms with Crippen molar-refractivity contribution in [2.24, 2.45) is 0 Å². The summed E-state index contributed by atoms with van der Waals surface area (Å²) in [5, 5.41) is 0.352. The molecule has 0 radical (unpaired) electrons. The number of anilines is 1. The topological polar surface area (TPSA) is 79.4 Å². The van der Waals surface area contributed by atoms with Gasteiger partial charge in [-0.3, -0.25) is 9.69 Å². The summed E-state index contributed by atoms with van der Waals surface area (Å²) in [5.41, 5.74) is 1.18. The maximum absolute atomic E-state index is 13.1. The SMILES string of the molecule is C=C.CCOC(C)OCC.O=C1CN(CCCN2CCN(c3ccc(F)cc3)CC2)S(=O)(=O)c2ccc(Cl)cc21. The molecule has 2 aromatic carbocycles. The van der Waals surface area contributed by atoms with Crippen LogP contribution in [0.2, 0.25) is 5.02 Å². The van der Waals surface area contributed by atoms with E-state index in [0.717, 1.165) is 51.6 Å². The molecule has 222 valence electrons. The lowest BCUT2D eigenvalue weighted by Crippen LogP contribution is -2.47. The van der Waals surface area contributed by atoms with Crippen molar-refractivity contribution in [3.05, 3.63) is 72.0 Å². The van der Waals surface area contributed by atoms with Gasteiger partial charge in [0, 0.05) is 62.2 Å². The Balaban J connectivity index is 0.000000484. The Kier molecular flexibility index (Phi) is 14.2. The smallest absolute Gasteiger partial charge is 0.244 e. The van der Waals surface area contributed by atoms with Crippen LogP contribution in [0.15, 0.2) is 60.5 Å². The third-order valence-electron chi connectivity index (χ3n) is 6.43. The Morgan fingerprint density at radius 2 is 1.57 bits per heavy atom. The zero-order chi connectivity index (χ0) is 29.7. The van der Waals surface area contributed by atoms with Gasteiger partial charge in [-0.25, -0.2) is 12.8 Å². The fourth-order valence-corrected chi connectivity index (χ4v) is 6.28. The number of carbonyl (C=O) groups is 1. The molecule has 2 aliphatic heterocycles. The highest BCUT2D eigenvalue weighted by Gasteiger charge is 2.35. The van der Waals surface area contributed by atoms with Gasteiger partial charge in [0.15, 0.2) is 12.1 Å². The number of ketones is 1. The van der Waals surface area contributed by atoms with Crippen molar-refractivity contribution in [2.75, 3.05) is 63.9 Å². The van der Waals surface area contributed by atoms with Crippen LogP contribution in [-0.2, 0) is 19.5 Å². The average Bonchev–Trinajstić information content (AvgIpc) is 2.94. The van der Waals surface area contributed by atoms with Crippen molar-refractivity contribution in [3.8, 4) is 0 Å². The lowest BCUT2D eigenvalue weighted by Gasteiger charge is -2.36. The molecule has 2 aliphatic rings. The summed E-state index contributed by atoms with van der Waals surface area (Å²) in [5.74, 6) is -0.468. The number of carbonyl (C=O) groups excluding carboxylic acids is 1. The van der Waals surface area contributed by atoms with Crippen LogP contribution in [0.3, 0.4) is 0 Å². The summed E-state index contributed by atoms with van der Waals surface area (Å²) in [6, 6.07) is 10.8. The Labute approximate surface area is 243 Å². The largest absolute Gasteiger partial charge is 0.369 e. The van der Waals surface area contributed by atoms with Gasteiger partial charge in [-0.15, -0.1) is 13.2 Å². The molecule has 11 heteroatoms. The van der Waals surface area contributed by atoms with E-state index < -0.39 is 10.0 Å². The number of piperazine rings is 1. The van der Waals surface area contributed by atoms with Gasteiger partial charge in [0.25, 0.3) is 0 Å². The molecule has 0 atom stereocenters. The van der Waals surface area contributed by atoms with Gasteiger partial charge in [0.1, 0.15) is 5.82 Å². The van der Waals surface area contributed by atoms with Crippen LogP contribution in [0.5, 0.6) is 0 Å². The highest BCUT2D eigenvalue weighted by molar-refractivity contribution is 7.89. The Hall–Kier alpha value is -2.34. The lowest BCUT2D eigenvalue weighted by atomic mass is 10.1. The summed E-state index contributed by atoms with van der Waals surface area (Å²) in [6.45, 7) is 17.5. The number of ether oxygens (including phenoxy) is 2. The second kappa shape index (κ2) is 16.8. The molecular weight excluding hydrogens is 557 g/mol. The first-order chi connectivity index (χ1) is 19.1. The molecule has 8 nitrogen and oxygen atoms in total. The fraction of sp³-hybridized carbons (Fsp3) is 0.483. The summed E-state index contributed by atoms with van der Waals surface area (Å²) >= 11 is 5.91. The second-order valence-corrected chi connectivity index (χ2v) is 11.4. The first kappa shape index (κ1) is 33.9. The Morgan fingerprint density at radius 3 is 2.15 bits per heavy atom. The maximum atomic E-state index is 13.1. The molecule has 0 unspecified atom stereocenters. The van der Waals surface area contributed by atoms with Crippen molar-refractivity contribution >= 4 is 33.1 Å². The Morgan fingerprint density at radius 1 is 0.975 bits per heavy atom. The molecule has 0 N–H and O–H groups in total. The van der Waals surface area contributed by atoms with E-state index in [1.54, 1.807) is 12.1 Å². The normalized spacial score (nSPS) is 16.9. The van der Waals surface area contributed by atoms with Crippen molar-refractivity contribution in [3.63, 3.8) is 0 Å². The van der Waals surface area contributed by atoms with Crippen LogP contribution in [0.4, 0.5) is 10.1 Å². The molecule has 40 heavy (non-hydrogen) atoms. The van der Waals surface area contributed by atoms with Gasteiger partial charge in [-0.05, 0) is 76.2 Å². The molecule has 0 spiro atoms. The Bertz CT molecular complexity index is 1170. The number of hydrogen-bond donors (Lipinski definition) is 0.